The van der Waals surface area contributed by atoms with Crippen LogP contribution in [0.4, 0.5) is 17.3 Å². The highest BCUT2D eigenvalue weighted by Gasteiger charge is 2.20. The van der Waals surface area contributed by atoms with Crippen molar-refractivity contribution >= 4 is 15.2 Å². The van der Waals surface area contributed by atoms with Gasteiger partial charge in [-0.3, -0.25) is 0 Å². The van der Waals surface area contributed by atoms with Crippen LogP contribution < -0.4 is 0 Å². The van der Waals surface area contributed by atoms with Gasteiger partial charge in [0.25, 0.3) is 0 Å². The van der Waals surface area contributed by atoms with Gasteiger partial charge in [0.15, 0.2) is 0 Å². The van der Waals surface area contributed by atoms with Crippen molar-refractivity contribution in [3.05, 3.63) is 35.9 Å². The van der Waals surface area contributed by atoms with Crippen LogP contribution in [0.1, 0.15) is 5.56 Å². The Balaban J connectivity index is 0.000000336. The van der Waals surface area contributed by atoms with Crippen LogP contribution in [0.15, 0.2) is 30.3 Å². The molecule has 0 saturated heterocycles. The van der Waals surface area contributed by atoms with Crippen molar-refractivity contribution in [3.63, 3.8) is 0 Å². The van der Waals surface area contributed by atoms with Crippen molar-refractivity contribution in [1.82, 2.24) is 0 Å². The normalized spacial score (nSPS) is 10.9. The van der Waals surface area contributed by atoms with Crippen LogP contribution in [0.25, 0.3) is 0 Å². The van der Waals surface area contributed by atoms with E-state index >= 15 is 0 Å². The molecule has 0 saturated carbocycles. The first-order chi connectivity index (χ1) is 6.79. The zero-order valence-corrected chi connectivity index (χ0v) is 9.68. The first-order valence-corrected chi connectivity index (χ1v) is 7.20. The Morgan fingerprint density at radius 1 is 1.00 bits per heavy atom. The van der Waals surface area contributed by atoms with Crippen molar-refractivity contribution in [2.75, 3.05) is 13.3 Å². The number of halogens is 4. The molecule has 0 unspecified atom stereocenters. The molecule has 0 amide bonds. The van der Waals surface area contributed by atoms with E-state index in [4.69, 9.17) is 0 Å². The van der Waals surface area contributed by atoms with Gasteiger partial charge in [-0.1, -0.05) is 30.3 Å². The van der Waals surface area contributed by atoms with E-state index in [-0.39, 0.29) is 7.92 Å². The van der Waals surface area contributed by atoms with E-state index in [0.29, 0.717) is 0 Å². The summed E-state index contributed by atoms with van der Waals surface area (Å²) < 4.78 is 39.0. The highest BCUT2D eigenvalue weighted by atomic mass is 31.1. The van der Waals surface area contributed by atoms with Gasteiger partial charge < -0.3 is 17.3 Å². The lowest BCUT2D eigenvalue weighted by molar-refractivity contribution is 0.368. The maximum Gasteiger partial charge on any atom is 0.673 e. The Hall–Kier alpha value is -0.565. The largest absolute Gasteiger partial charge is 0.673 e. The number of hydrogen-bond donors (Lipinski definition) is 0. The van der Waals surface area contributed by atoms with Crippen LogP contribution in [0.3, 0.4) is 0 Å². The van der Waals surface area contributed by atoms with Crippen LogP contribution >= 0.6 is 7.92 Å². The van der Waals surface area contributed by atoms with Gasteiger partial charge in [0.1, 0.15) is 0 Å². The van der Waals surface area contributed by atoms with E-state index in [9.17, 15) is 17.3 Å². The van der Waals surface area contributed by atoms with E-state index < -0.39 is 7.25 Å². The molecule has 0 aliphatic carbocycles. The van der Waals surface area contributed by atoms with Gasteiger partial charge in [0.05, 0.1) is 6.16 Å². The predicted octanol–water partition coefficient (Wildman–Crippen LogP) is 3.96. The van der Waals surface area contributed by atoms with Crippen molar-refractivity contribution in [2.45, 2.75) is 6.16 Å². The molecule has 1 aromatic rings. The maximum atomic E-state index is 9.75. The summed E-state index contributed by atoms with van der Waals surface area (Å²) in [5.41, 5.74) is 1.49. The summed E-state index contributed by atoms with van der Waals surface area (Å²) in [5, 5.41) is 0. The first-order valence-electron chi connectivity index (χ1n) is 4.49. The first kappa shape index (κ1) is 14.4. The molecule has 0 spiro atoms. The molecule has 1 aromatic carbocycles. The molecule has 6 heteroatoms. The van der Waals surface area contributed by atoms with Gasteiger partial charge in [0, 0.05) is 13.3 Å². The molecule has 0 aromatic heterocycles. The summed E-state index contributed by atoms with van der Waals surface area (Å²) in [6.07, 6.45) is 1.30. The van der Waals surface area contributed by atoms with Crippen molar-refractivity contribution in [2.24, 2.45) is 0 Å². The molecular weight excluding hydrogens is 226 g/mol. The van der Waals surface area contributed by atoms with E-state index in [1.54, 1.807) is 0 Å². The number of hydrogen-bond acceptors (Lipinski definition) is 0. The van der Waals surface area contributed by atoms with Crippen molar-refractivity contribution < 1.29 is 17.3 Å². The minimum Gasteiger partial charge on any atom is -0.418 e. The summed E-state index contributed by atoms with van der Waals surface area (Å²) in [7, 11) is -6.09. The Morgan fingerprint density at radius 2 is 1.40 bits per heavy atom. The van der Waals surface area contributed by atoms with E-state index in [2.05, 4.69) is 43.7 Å². The highest BCUT2D eigenvalue weighted by molar-refractivity contribution is 7.55. The third-order valence-corrected chi connectivity index (χ3v) is 2.52. The van der Waals surface area contributed by atoms with Gasteiger partial charge in [-0.2, -0.15) is 0 Å². The molecule has 0 N–H and O–H groups in total. The fourth-order valence-electron chi connectivity index (χ4n) is 1.00. The minimum absolute atomic E-state index is 0.0870. The van der Waals surface area contributed by atoms with Crippen molar-refractivity contribution in [1.29, 1.82) is 0 Å². The second-order valence-electron chi connectivity index (χ2n) is 3.36. The standard InChI is InChI=1S/C9H13P.BF4/c1-10(2)8-9-6-4-3-5-7-9;2-1(3,4)5/h3-7H,8H2,1-2H3;/q;-1/p+1. The molecule has 0 heterocycles. The summed E-state index contributed by atoms with van der Waals surface area (Å²) in [6, 6.07) is 10.7. The van der Waals surface area contributed by atoms with Crippen LogP contribution in [-0.2, 0) is 6.16 Å². The second-order valence-corrected chi connectivity index (χ2v) is 6.13. The lowest BCUT2D eigenvalue weighted by Gasteiger charge is -1.97. The molecule has 0 atom stereocenters. The van der Waals surface area contributed by atoms with Gasteiger partial charge in [-0.15, -0.1) is 0 Å². The van der Waals surface area contributed by atoms with E-state index in [0.717, 1.165) is 0 Å². The maximum absolute atomic E-state index is 9.75. The zero-order valence-electron chi connectivity index (χ0n) is 8.68. The van der Waals surface area contributed by atoms with Crippen LogP contribution in [-0.4, -0.2) is 20.6 Å². The summed E-state index contributed by atoms with van der Waals surface area (Å²) >= 11 is 0. The molecule has 0 nitrogen and oxygen atoms in total. The van der Waals surface area contributed by atoms with Gasteiger partial charge in [-0.25, -0.2) is 0 Å². The average Bonchev–Trinajstić information content (AvgIpc) is 2.01. The smallest absolute Gasteiger partial charge is 0.418 e. The van der Waals surface area contributed by atoms with E-state index in [1.165, 1.54) is 11.7 Å². The van der Waals surface area contributed by atoms with Crippen molar-refractivity contribution in [3.8, 4) is 0 Å². The molecule has 0 fully saturated rings. The summed E-state index contributed by atoms with van der Waals surface area (Å²) in [6.45, 7) is 4.69. The Morgan fingerprint density at radius 3 is 1.73 bits per heavy atom. The van der Waals surface area contributed by atoms with Gasteiger partial charge in [-0.05, 0) is 13.5 Å². The third-order valence-electron chi connectivity index (χ3n) is 1.40. The Labute approximate surface area is 88.5 Å². The number of benzene rings is 1. The van der Waals surface area contributed by atoms with Crippen LogP contribution in [0.5, 0.6) is 0 Å². The second kappa shape index (κ2) is 6.83. The highest BCUT2D eigenvalue weighted by Crippen LogP contribution is 2.29. The monoisotopic (exact) mass is 240 g/mol. The van der Waals surface area contributed by atoms with Gasteiger partial charge in [0.2, 0.25) is 0 Å². The SMILES string of the molecule is C[PH+](C)Cc1ccccc1.F[B-](F)(F)F. The minimum atomic E-state index is -6.00. The Bertz CT molecular complexity index is 255. The fourth-order valence-corrected chi connectivity index (χ4v) is 2.06. The Kier molecular flexibility index (Phi) is 6.58. The molecule has 0 bridgehead atoms. The summed E-state index contributed by atoms with van der Waals surface area (Å²) in [5.74, 6) is 0. The fraction of sp³-hybridized carbons (Fsp3) is 0.333. The van der Waals surface area contributed by atoms with Crippen LogP contribution in [0.2, 0.25) is 0 Å². The quantitative estimate of drug-likeness (QED) is 0.417. The average molecular weight is 240 g/mol. The number of rotatable bonds is 2. The third kappa shape index (κ3) is 13.4. The lowest BCUT2D eigenvalue weighted by atomic mass is 10.2. The molecule has 1 rings (SSSR count). The zero-order chi connectivity index (χ0) is 11.9. The summed E-state index contributed by atoms with van der Waals surface area (Å²) in [4.78, 5) is 0. The molecule has 0 radical (unpaired) electrons. The lowest BCUT2D eigenvalue weighted by Crippen LogP contribution is -2.02. The molecule has 0 aliphatic rings. The van der Waals surface area contributed by atoms with Gasteiger partial charge >= 0.3 is 7.25 Å². The molecule has 86 valence electrons. The topological polar surface area (TPSA) is 0 Å². The molecular formula is C9H14BF4P. The van der Waals surface area contributed by atoms with E-state index in [1.807, 2.05) is 0 Å². The molecule has 15 heavy (non-hydrogen) atoms. The van der Waals surface area contributed by atoms with Crippen LogP contribution in [0, 0.1) is 0 Å². The molecule has 0 aliphatic heterocycles. The predicted molar refractivity (Wildman–Crippen MR) is 60.5 cm³/mol.